The first-order valence-corrected chi connectivity index (χ1v) is 7.13. The van der Waals surface area contributed by atoms with Crippen LogP contribution in [0.3, 0.4) is 0 Å². The molecule has 0 aliphatic heterocycles. The lowest BCUT2D eigenvalue weighted by Crippen LogP contribution is -1.98. The van der Waals surface area contributed by atoms with Gasteiger partial charge >= 0.3 is 0 Å². The van der Waals surface area contributed by atoms with Gasteiger partial charge in [0, 0.05) is 10.5 Å². The van der Waals surface area contributed by atoms with Crippen LogP contribution in [0.1, 0.15) is 17.3 Å². The smallest absolute Gasteiger partial charge is 0.188 e. The molecule has 108 valence electrons. The summed E-state index contributed by atoms with van der Waals surface area (Å²) in [6, 6.07) is 14.6. The van der Waals surface area contributed by atoms with Crippen LogP contribution in [-0.2, 0) is 0 Å². The quantitative estimate of drug-likeness (QED) is 0.446. The number of hydrogen-bond donors (Lipinski definition) is 0. The molecule has 0 fully saturated rings. The molecule has 0 unspecified atom stereocenters. The first-order chi connectivity index (χ1) is 10.1. The van der Waals surface area contributed by atoms with Gasteiger partial charge in [-0.3, -0.25) is 4.79 Å². The number of ketones is 1. The number of carbonyl (C=O) groups is 1. The Labute approximate surface area is 128 Å². The molecule has 0 spiro atoms. The molecule has 2 aromatic carbocycles. The monoisotopic (exact) mass is 300 g/mol. The van der Waals surface area contributed by atoms with E-state index in [1.807, 2.05) is 24.3 Å². The first-order valence-electron chi connectivity index (χ1n) is 6.39. The van der Waals surface area contributed by atoms with Crippen LogP contribution in [0.15, 0.2) is 65.6 Å². The highest BCUT2D eigenvalue weighted by atomic mass is 32.2. The van der Waals surface area contributed by atoms with Gasteiger partial charge in [0.2, 0.25) is 0 Å². The summed E-state index contributed by atoms with van der Waals surface area (Å²) in [6.45, 7) is 5.35. The summed E-state index contributed by atoms with van der Waals surface area (Å²) in [4.78, 5) is 12.7. The van der Waals surface area contributed by atoms with Crippen molar-refractivity contribution in [2.24, 2.45) is 0 Å². The zero-order chi connectivity index (χ0) is 15.2. The summed E-state index contributed by atoms with van der Waals surface area (Å²) in [5.41, 5.74) is 1.14. The normalized spacial score (nSPS) is 10.0. The molecule has 0 aromatic heterocycles. The van der Waals surface area contributed by atoms with Gasteiger partial charge < -0.3 is 8.92 Å². The van der Waals surface area contributed by atoms with E-state index in [1.165, 1.54) is 12.0 Å². The summed E-state index contributed by atoms with van der Waals surface area (Å²) >= 11 is 1.26. The van der Waals surface area contributed by atoms with Crippen molar-refractivity contribution in [2.75, 3.05) is 7.11 Å². The zero-order valence-corrected chi connectivity index (χ0v) is 12.8. The van der Waals surface area contributed by atoms with E-state index in [-0.39, 0.29) is 5.78 Å². The summed E-state index contributed by atoms with van der Waals surface area (Å²) in [6.07, 6.45) is 0. The summed E-state index contributed by atoms with van der Waals surface area (Å²) < 4.78 is 10.7. The van der Waals surface area contributed by atoms with Crippen LogP contribution in [0.4, 0.5) is 0 Å². The van der Waals surface area contributed by atoms with Crippen LogP contribution < -0.4 is 8.92 Å². The van der Waals surface area contributed by atoms with E-state index < -0.39 is 0 Å². The molecule has 4 heteroatoms. The number of Topliss-reactive ketones (excluding diaryl/α,β-unsaturated/α-hetero) is 1. The van der Waals surface area contributed by atoms with Crippen molar-refractivity contribution in [3.8, 4) is 11.5 Å². The van der Waals surface area contributed by atoms with Crippen molar-refractivity contribution >= 4 is 17.8 Å². The van der Waals surface area contributed by atoms with E-state index in [0.717, 1.165) is 10.6 Å². The zero-order valence-electron chi connectivity index (χ0n) is 12.0. The molecule has 0 aliphatic carbocycles. The van der Waals surface area contributed by atoms with E-state index in [1.54, 1.807) is 38.3 Å². The Morgan fingerprint density at radius 3 is 2.10 bits per heavy atom. The van der Waals surface area contributed by atoms with Gasteiger partial charge in [-0.1, -0.05) is 6.58 Å². The SMILES string of the molecule is C=C(C)C(=O)c1ccc(OSc2ccc(OC)cc2)cc1. The third kappa shape index (κ3) is 4.13. The molecule has 0 atom stereocenters. The Hall–Kier alpha value is -2.20. The second kappa shape index (κ2) is 6.99. The predicted molar refractivity (Wildman–Crippen MR) is 85.1 cm³/mol. The van der Waals surface area contributed by atoms with Gasteiger partial charge in [-0.05, 0) is 61.0 Å². The van der Waals surface area contributed by atoms with Gasteiger partial charge in [0.25, 0.3) is 0 Å². The Balaban J connectivity index is 1.97. The van der Waals surface area contributed by atoms with Crippen LogP contribution in [0.2, 0.25) is 0 Å². The average molecular weight is 300 g/mol. The largest absolute Gasteiger partial charge is 0.497 e. The molecule has 0 aliphatic rings. The number of hydrogen-bond acceptors (Lipinski definition) is 4. The lowest BCUT2D eigenvalue weighted by molar-refractivity contribution is 0.103. The molecule has 2 rings (SSSR count). The Morgan fingerprint density at radius 2 is 1.57 bits per heavy atom. The number of methoxy groups -OCH3 is 1. The van der Waals surface area contributed by atoms with Crippen LogP contribution in [0.5, 0.6) is 11.5 Å². The third-order valence-electron chi connectivity index (χ3n) is 2.80. The van der Waals surface area contributed by atoms with Crippen molar-refractivity contribution in [2.45, 2.75) is 11.8 Å². The highest BCUT2D eigenvalue weighted by molar-refractivity contribution is 7.95. The number of allylic oxidation sites excluding steroid dienone is 1. The number of carbonyl (C=O) groups excluding carboxylic acids is 1. The summed E-state index contributed by atoms with van der Waals surface area (Å²) in [5, 5.41) is 0. The lowest BCUT2D eigenvalue weighted by atomic mass is 10.1. The molecular formula is C17H16O3S. The van der Waals surface area contributed by atoms with Gasteiger partial charge in [0.1, 0.15) is 11.5 Å². The standard InChI is InChI=1S/C17H16O3S/c1-12(2)17(18)13-4-6-15(7-5-13)20-21-16-10-8-14(19-3)9-11-16/h4-11H,1H2,2-3H3. The minimum Gasteiger partial charge on any atom is -0.497 e. The fourth-order valence-corrected chi connectivity index (χ4v) is 2.19. The number of benzene rings is 2. The van der Waals surface area contributed by atoms with Gasteiger partial charge in [-0.15, -0.1) is 0 Å². The molecule has 2 aromatic rings. The highest BCUT2D eigenvalue weighted by Crippen LogP contribution is 2.25. The Kier molecular flexibility index (Phi) is 5.06. The average Bonchev–Trinajstić information content (AvgIpc) is 2.53. The fraction of sp³-hybridized carbons (Fsp3) is 0.118. The summed E-state index contributed by atoms with van der Waals surface area (Å²) in [5.74, 6) is 1.44. The lowest BCUT2D eigenvalue weighted by Gasteiger charge is -2.06. The maximum Gasteiger partial charge on any atom is 0.188 e. The van der Waals surface area contributed by atoms with Gasteiger partial charge in [-0.2, -0.15) is 0 Å². The van der Waals surface area contributed by atoms with Crippen molar-refractivity contribution in [3.63, 3.8) is 0 Å². The minimum atomic E-state index is -0.0515. The maximum atomic E-state index is 11.7. The first kappa shape index (κ1) is 15.2. The van der Waals surface area contributed by atoms with Crippen molar-refractivity contribution in [1.29, 1.82) is 0 Å². The van der Waals surface area contributed by atoms with Crippen molar-refractivity contribution in [1.82, 2.24) is 0 Å². The molecule has 0 saturated heterocycles. The topological polar surface area (TPSA) is 35.5 Å². The second-order valence-corrected chi connectivity index (χ2v) is 5.28. The van der Waals surface area contributed by atoms with Crippen LogP contribution in [-0.4, -0.2) is 12.9 Å². The Morgan fingerprint density at radius 1 is 1.00 bits per heavy atom. The van der Waals surface area contributed by atoms with Crippen molar-refractivity contribution in [3.05, 3.63) is 66.2 Å². The van der Waals surface area contributed by atoms with Crippen molar-refractivity contribution < 1.29 is 13.7 Å². The third-order valence-corrected chi connectivity index (χ3v) is 3.54. The van der Waals surface area contributed by atoms with E-state index >= 15 is 0 Å². The maximum absolute atomic E-state index is 11.7. The van der Waals surface area contributed by atoms with Crippen LogP contribution in [0, 0.1) is 0 Å². The van der Waals surface area contributed by atoms with E-state index in [2.05, 4.69) is 6.58 Å². The minimum absolute atomic E-state index is 0.0515. The van der Waals surface area contributed by atoms with Crippen LogP contribution in [0.25, 0.3) is 0 Å². The Bertz CT molecular complexity index is 630. The van der Waals surface area contributed by atoms with Gasteiger partial charge in [0.15, 0.2) is 5.78 Å². The molecule has 0 heterocycles. The van der Waals surface area contributed by atoms with E-state index in [0.29, 0.717) is 16.9 Å². The van der Waals surface area contributed by atoms with E-state index in [9.17, 15) is 4.79 Å². The summed E-state index contributed by atoms with van der Waals surface area (Å²) in [7, 11) is 1.63. The molecule has 0 N–H and O–H groups in total. The van der Waals surface area contributed by atoms with Gasteiger partial charge in [0.05, 0.1) is 19.2 Å². The predicted octanol–water partition coefficient (Wildman–Crippen LogP) is 4.54. The second-order valence-electron chi connectivity index (χ2n) is 4.48. The molecule has 21 heavy (non-hydrogen) atoms. The molecule has 3 nitrogen and oxygen atoms in total. The fourth-order valence-electron chi connectivity index (χ4n) is 1.64. The molecule has 0 radical (unpaired) electrons. The molecular weight excluding hydrogens is 284 g/mol. The number of ether oxygens (including phenoxy) is 1. The highest BCUT2D eigenvalue weighted by Gasteiger charge is 2.06. The van der Waals surface area contributed by atoms with Crippen LogP contribution >= 0.6 is 12.0 Å². The molecule has 0 bridgehead atoms. The number of rotatable bonds is 6. The van der Waals surface area contributed by atoms with E-state index in [4.69, 9.17) is 8.92 Å². The molecule has 0 amide bonds. The molecule has 0 saturated carbocycles. The van der Waals surface area contributed by atoms with Gasteiger partial charge in [-0.25, -0.2) is 0 Å².